The quantitative estimate of drug-likeness (QED) is 0.801. The number of hydrogen-bond acceptors (Lipinski definition) is 5. The van der Waals surface area contributed by atoms with Gasteiger partial charge in [-0.05, 0) is 49.8 Å². The number of fused-ring (bicyclic) bond motifs is 3. The van der Waals surface area contributed by atoms with Crippen LogP contribution in [0.4, 0.5) is 5.69 Å². The Labute approximate surface area is 175 Å². The number of ether oxygens (including phenoxy) is 3. The molecule has 3 aliphatic heterocycles. The standard InChI is InChI=1S/C24H36N2O3/c1-2-5-18(6-3-1)23-20-7-4-13-29-24(20)21-17-19(8-9-22(21)25-23)28-16-12-26-10-14-27-15-11-26/h8-9,17-18,20,23-25H,1-7,10-16H2/t20-,23?,24-/m0/s1. The Balaban J connectivity index is 1.28. The summed E-state index contributed by atoms with van der Waals surface area (Å²) in [6.45, 7) is 6.28. The molecule has 1 aliphatic carbocycles. The van der Waals surface area contributed by atoms with Crippen molar-refractivity contribution in [2.75, 3.05) is 51.4 Å². The van der Waals surface area contributed by atoms with Crippen molar-refractivity contribution in [2.24, 2.45) is 11.8 Å². The van der Waals surface area contributed by atoms with Crippen LogP contribution in [0.1, 0.15) is 56.6 Å². The molecule has 1 N–H and O–H groups in total. The average Bonchev–Trinajstić information content (AvgIpc) is 2.80. The largest absolute Gasteiger partial charge is 0.492 e. The SMILES string of the molecule is c1cc2c(cc1OCCN1CCOCC1)[C@H]1OCCC[C@H]1C(C1CCCCC1)N2. The van der Waals surface area contributed by atoms with Gasteiger partial charge < -0.3 is 19.5 Å². The van der Waals surface area contributed by atoms with Crippen LogP contribution in [0.2, 0.25) is 0 Å². The molecule has 0 bridgehead atoms. The topological polar surface area (TPSA) is 43.0 Å². The molecule has 160 valence electrons. The fourth-order valence-electron chi connectivity index (χ4n) is 5.85. The molecule has 1 saturated carbocycles. The van der Waals surface area contributed by atoms with Gasteiger partial charge in [0.05, 0.1) is 19.3 Å². The predicted octanol–water partition coefficient (Wildman–Crippen LogP) is 4.24. The third-order valence-corrected chi connectivity index (χ3v) is 7.42. The molecule has 5 heteroatoms. The van der Waals surface area contributed by atoms with Crippen LogP contribution in [0.15, 0.2) is 18.2 Å². The Morgan fingerprint density at radius 3 is 2.72 bits per heavy atom. The third-order valence-electron chi connectivity index (χ3n) is 7.42. The van der Waals surface area contributed by atoms with Crippen molar-refractivity contribution in [3.63, 3.8) is 0 Å². The predicted molar refractivity (Wildman–Crippen MR) is 115 cm³/mol. The second kappa shape index (κ2) is 9.23. The number of nitrogens with zero attached hydrogens (tertiary/aromatic N) is 1. The smallest absolute Gasteiger partial charge is 0.119 e. The lowest BCUT2D eigenvalue weighted by Gasteiger charge is -2.47. The molecule has 29 heavy (non-hydrogen) atoms. The van der Waals surface area contributed by atoms with Crippen molar-refractivity contribution in [1.82, 2.24) is 4.90 Å². The first kappa shape index (κ1) is 19.7. The van der Waals surface area contributed by atoms with E-state index in [0.717, 1.165) is 57.7 Å². The summed E-state index contributed by atoms with van der Waals surface area (Å²) in [7, 11) is 0. The van der Waals surface area contributed by atoms with Gasteiger partial charge in [0.2, 0.25) is 0 Å². The molecule has 3 atom stereocenters. The van der Waals surface area contributed by atoms with Gasteiger partial charge in [-0.2, -0.15) is 0 Å². The second-order valence-corrected chi connectivity index (χ2v) is 9.22. The summed E-state index contributed by atoms with van der Waals surface area (Å²) in [5.74, 6) is 2.38. The van der Waals surface area contributed by atoms with E-state index in [4.69, 9.17) is 14.2 Å². The van der Waals surface area contributed by atoms with Gasteiger partial charge in [0.25, 0.3) is 0 Å². The van der Waals surface area contributed by atoms with Crippen LogP contribution < -0.4 is 10.1 Å². The Morgan fingerprint density at radius 2 is 1.86 bits per heavy atom. The van der Waals surface area contributed by atoms with E-state index in [1.807, 2.05) is 0 Å². The van der Waals surface area contributed by atoms with Crippen molar-refractivity contribution >= 4 is 5.69 Å². The minimum Gasteiger partial charge on any atom is -0.492 e. The van der Waals surface area contributed by atoms with Crippen LogP contribution in [0.25, 0.3) is 0 Å². The van der Waals surface area contributed by atoms with E-state index in [2.05, 4.69) is 28.4 Å². The number of hydrogen-bond donors (Lipinski definition) is 1. The molecule has 4 aliphatic rings. The Bertz CT molecular complexity index is 670. The summed E-state index contributed by atoms with van der Waals surface area (Å²) in [5, 5.41) is 3.94. The minimum atomic E-state index is 0.231. The Kier molecular flexibility index (Phi) is 6.26. The highest BCUT2D eigenvalue weighted by atomic mass is 16.5. The monoisotopic (exact) mass is 400 g/mol. The molecule has 3 heterocycles. The third kappa shape index (κ3) is 4.42. The molecule has 1 aromatic rings. The van der Waals surface area contributed by atoms with Gasteiger partial charge in [0, 0.05) is 49.5 Å². The van der Waals surface area contributed by atoms with E-state index in [9.17, 15) is 0 Å². The first-order valence-corrected chi connectivity index (χ1v) is 11.8. The van der Waals surface area contributed by atoms with Gasteiger partial charge in [-0.15, -0.1) is 0 Å². The molecule has 0 spiro atoms. The van der Waals surface area contributed by atoms with Gasteiger partial charge in [-0.3, -0.25) is 4.90 Å². The van der Waals surface area contributed by atoms with Crippen molar-refractivity contribution < 1.29 is 14.2 Å². The highest BCUT2D eigenvalue weighted by Gasteiger charge is 2.42. The van der Waals surface area contributed by atoms with E-state index in [0.29, 0.717) is 12.0 Å². The molecule has 0 radical (unpaired) electrons. The summed E-state index contributed by atoms with van der Waals surface area (Å²) in [6, 6.07) is 7.17. The molecular formula is C24H36N2O3. The van der Waals surface area contributed by atoms with Crippen LogP contribution in [-0.4, -0.2) is 57.0 Å². The normalized spacial score (nSPS) is 30.8. The van der Waals surface area contributed by atoms with Crippen molar-refractivity contribution in [1.29, 1.82) is 0 Å². The lowest BCUT2D eigenvalue weighted by Crippen LogP contribution is -2.46. The van der Waals surface area contributed by atoms with Gasteiger partial charge in [0.1, 0.15) is 12.4 Å². The lowest BCUT2D eigenvalue weighted by molar-refractivity contribution is -0.0459. The van der Waals surface area contributed by atoms with E-state index in [1.54, 1.807) is 0 Å². The zero-order valence-electron chi connectivity index (χ0n) is 17.6. The van der Waals surface area contributed by atoms with Crippen LogP contribution in [-0.2, 0) is 9.47 Å². The van der Waals surface area contributed by atoms with E-state index < -0.39 is 0 Å². The number of benzene rings is 1. The van der Waals surface area contributed by atoms with Crippen LogP contribution >= 0.6 is 0 Å². The first-order chi connectivity index (χ1) is 14.4. The fraction of sp³-hybridized carbons (Fsp3) is 0.750. The fourth-order valence-corrected chi connectivity index (χ4v) is 5.85. The lowest BCUT2D eigenvalue weighted by atomic mass is 9.71. The van der Waals surface area contributed by atoms with Gasteiger partial charge in [-0.1, -0.05) is 19.3 Å². The van der Waals surface area contributed by atoms with Gasteiger partial charge in [0.15, 0.2) is 0 Å². The molecule has 3 fully saturated rings. The van der Waals surface area contributed by atoms with Crippen LogP contribution in [0, 0.1) is 11.8 Å². The Morgan fingerprint density at radius 1 is 1.00 bits per heavy atom. The van der Waals surface area contributed by atoms with E-state index in [-0.39, 0.29) is 6.10 Å². The van der Waals surface area contributed by atoms with Crippen molar-refractivity contribution in [2.45, 2.75) is 57.1 Å². The number of nitrogens with one attached hydrogen (secondary N) is 1. The molecule has 0 amide bonds. The average molecular weight is 401 g/mol. The summed E-state index contributed by atoms with van der Waals surface area (Å²) in [6.07, 6.45) is 9.65. The first-order valence-electron chi connectivity index (χ1n) is 11.8. The molecule has 5 nitrogen and oxygen atoms in total. The highest BCUT2D eigenvalue weighted by Crippen LogP contribution is 2.48. The molecular weight excluding hydrogens is 364 g/mol. The summed E-state index contributed by atoms with van der Waals surface area (Å²) >= 11 is 0. The van der Waals surface area contributed by atoms with Crippen molar-refractivity contribution in [3.05, 3.63) is 23.8 Å². The van der Waals surface area contributed by atoms with Crippen molar-refractivity contribution in [3.8, 4) is 5.75 Å². The molecule has 1 unspecified atom stereocenters. The molecule has 5 rings (SSSR count). The van der Waals surface area contributed by atoms with E-state index >= 15 is 0 Å². The minimum absolute atomic E-state index is 0.231. The number of anilines is 1. The van der Waals surface area contributed by atoms with Crippen LogP contribution in [0.3, 0.4) is 0 Å². The molecule has 1 aromatic carbocycles. The zero-order chi connectivity index (χ0) is 19.5. The zero-order valence-corrected chi connectivity index (χ0v) is 17.6. The van der Waals surface area contributed by atoms with Gasteiger partial charge >= 0.3 is 0 Å². The second-order valence-electron chi connectivity index (χ2n) is 9.22. The number of morpholine rings is 1. The van der Waals surface area contributed by atoms with E-state index in [1.165, 1.54) is 56.2 Å². The molecule has 2 saturated heterocycles. The summed E-state index contributed by atoms with van der Waals surface area (Å²) in [4.78, 5) is 2.42. The Hall–Kier alpha value is -1.30. The number of rotatable bonds is 5. The maximum Gasteiger partial charge on any atom is 0.119 e. The maximum atomic E-state index is 6.37. The summed E-state index contributed by atoms with van der Waals surface area (Å²) in [5.41, 5.74) is 2.58. The van der Waals surface area contributed by atoms with Gasteiger partial charge in [-0.25, -0.2) is 0 Å². The maximum absolute atomic E-state index is 6.37. The highest BCUT2D eigenvalue weighted by molar-refractivity contribution is 5.58. The molecule has 0 aromatic heterocycles. The van der Waals surface area contributed by atoms with Crippen LogP contribution in [0.5, 0.6) is 5.75 Å². The summed E-state index contributed by atoms with van der Waals surface area (Å²) < 4.78 is 17.9.